The Kier molecular flexibility index (Phi) is 3.61. The van der Waals surface area contributed by atoms with E-state index in [2.05, 4.69) is 20.3 Å². The molecule has 3 N–H and O–H groups in total. The Morgan fingerprint density at radius 2 is 2.00 bits per heavy atom. The number of aliphatic hydroxyl groups is 2. The molecule has 4 atom stereocenters. The molecule has 4 heterocycles. The van der Waals surface area contributed by atoms with E-state index in [-0.39, 0.29) is 18.3 Å². The molecule has 3 fully saturated rings. The Bertz CT molecular complexity index is 1150. The molecule has 30 heavy (non-hydrogen) atoms. The van der Waals surface area contributed by atoms with Gasteiger partial charge in [-0.25, -0.2) is 15.0 Å². The lowest BCUT2D eigenvalue weighted by molar-refractivity contribution is -0.233. The van der Waals surface area contributed by atoms with E-state index in [0.717, 1.165) is 12.8 Å². The maximum absolute atomic E-state index is 12.5. The molecule has 1 saturated carbocycles. The smallest absolute Gasteiger partial charge is 0.256 e. The summed E-state index contributed by atoms with van der Waals surface area (Å²) in [5.41, 5.74) is -0.434. The molecule has 1 amide bonds. The number of rotatable bonds is 4. The third-order valence-corrected chi connectivity index (χ3v) is 6.37. The maximum atomic E-state index is 12.5. The number of ether oxygens (including phenoxy) is 2. The number of amides is 1. The molecule has 3 aliphatic rings. The number of anilines is 1. The fraction of sp³-hybridized carbons (Fsp3) is 0.400. The van der Waals surface area contributed by atoms with Crippen molar-refractivity contribution in [1.29, 1.82) is 0 Å². The van der Waals surface area contributed by atoms with Crippen molar-refractivity contribution in [2.45, 2.75) is 42.5 Å². The average Bonchev–Trinajstić information content (AvgIpc) is 3.23. The second-order valence-corrected chi connectivity index (χ2v) is 7.94. The van der Waals surface area contributed by atoms with Crippen molar-refractivity contribution in [3.8, 4) is 0 Å². The minimum Gasteiger partial charge on any atom is -0.393 e. The number of nitrogens with one attached hydrogen (secondary N) is 1. The highest BCUT2D eigenvalue weighted by molar-refractivity contribution is 6.06. The van der Waals surface area contributed by atoms with Crippen molar-refractivity contribution in [3.05, 3.63) is 48.5 Å². The molecule has 154 valence electrons. The highest BCUT2D eigenvalue weighted by Crippen LogP contribution is 2.64. The van der Waals surface area contributed by atoms with Crippen molar-refractivity contribution in [2.24, 2.45) is 0 Å². The van der Waals surface area contributed by atoms with Crippen LogP contribution in [0.1, 0.15) is 29.4 Å². The van der Waals surface area contributed by atoms with Crippen molar-refractivity contribution < 1.29 is 24.5 Å². The number of imidazole rings is 1. The van der Waals surface area contributed by atoms with Gasteiger partial charge < -0.3 is 25.0 Å². The number of nitrogens with zero attached hydrogens (tertiary/aromatic N) is 4. The quantitative estimate of drug-likeness (QED) is 0.572. The van der Waals surface area contributed by atoms with Gasteiger partial charge in [0.25, 0.3) is 5.91 Å². The van der Waals surface area contributed by atoms with Crippen LogP contribution in [0, 0.1) is 0 Å². The van der Waals surface area contributed by atoms with Crippen LogP contribution in [0.3, 0.4) is 0 Å². The van der Waals surface area contributed by atoms with Crippen molar-refractivity contribution in [3.63, 3.8) is 0 Å². The average molecular weight is 409 g/mol. The van der Waals surface area contributed by atoms with Gasteiger partial charge in [0.15, 0.2) is 28.8 Å². The molecule has 2 bridgehead atoms. The van der Waals surface area contributed by atoms with E-state index in [1.807, 2.05) is 6.07 Å². The van der Waals surface area contributed by atoms with Gasteiger partial charge in [0.1, 0.15) is 24.1 Å². The zero-order valence-corrected chi connectivity index (χ0v) is 15.8. The molecule has 3 aromatic rings. The monoisotopic (exact) mass is 409 g/mol. The van der Waals surface area contributed by atoms with Crippen LogP contribution in [0.25, 0.3) is 11.2 Å². The lowest BCUT2D eigenvalue weighted by Crippen LogP contribution is -2.52. The lowest BCUT2D eigenvalue weighted by atomic mass is 9.91. The molecule has 1 aliphatic carbocycles. The van der Waals surface area contributed by atoms with Gasteiger partial charge in [-0.2, -0.15) is 0 Å². The normalized spacial score (nSPS) is 30.8. The summed E-state index contributed by atoms with van der Waals surface area (Å²) in [6.07, 6.45) is 2.04. The third kappa shape index (κ3) is 2.21. The fourth-order valence-corrected chi connectivity index (χ4v) is 4.68. The number of fused-ring (bicyclic) bond motifs is 4. The standard InChI is InChI=1S/C20H19N5O5/c26-8-20-14(27)13(29-19(20)6-7-19)18(30-20)25-10-23-12-15(21-9-22-16(12)25)24-17(28)11-4-2-1-3-5-11/h1-5,9-10,13-14,18,26-27H,6-8H2,(H,21,22,24,28)/t13-,14+,18-,20-/m1/s1. The van der Waals surface area contributed by atoms with Crippen LogP contribution in [-0.2, 0) is 9.47 Å². The van der Waals surface area contributed by atoms with E-state index in [0.29, 0.717) is 16.7 Å². The molecular formula is C20H19N5O5. The largest absolute Gasteiger partial charge is 0.393 e. The van der Waals surface area contributed by atoms with Crippen LogP contribution in [0.2, 0.25) is 0 Å². The fourth-order valence-electron chi connectivity index (χ4n) is 4.68. The van der Waals surface area contributed by atoms with Gasteiger partial charge in [0.2, 0.25) is 0 Å². The number of carbonyl (C=O) groups excluding carboxylic acids is 1. The summed E-state index contributed by atoms with van der Waals surface area (Å²) in [6.45, 7) is -0.332. The Morgan fingerprint density at radius 1 is 1.20 bits per heavy atom. The SMILES string of the molecule is O=C(Nc1ncnc2c1ncn2[C@@H]1O[C@]2(CO)[C@@H](O)[C@H]1OC21CC1)c1ccccc1. The van der Waals surface area contributed by atoms with Crippen LogP contribution in [0.15, 0.2) is 43.0 Å². The van der Waals surface area contributed by atoms with E-state index < -0.39 is 29.6 Å². The van der Waals surface area contributed by atoms with Crippen molar-refractivity contribution in [2.75, 3.05) is 11.9 Å². The second kappa shape index (κ2) is 6.05. The summed E-state index contributed by atoms with van der Waals surface area (Å²) in [5.74, 6) is -0.0391. The molecular weight excluding hydrogens is 390 g/mol. The van der Waals surface area contributed by atoms with E-state index in [1.165, 1.54) is 12.7 Å². The first kappa shape index (κ1) is 17.9. The van der Waals surface area contributed by atoms with Gasteiger partial charge in [0, 0.05) is 5.56 Å². The summed E-state index contributed by atoms with van der Waals surface area (Å²) in [4.78, 5) is 25.3. The first-order valence-corrected chi connectivity index (χ1v) is 9.77. The van der Waals surface area contributed by atoms with Crippen LogP contribution in [0.5, 0.6) is 0 Å². The first-order valence-electron chi connectivity index (χ1n) is 9.77. The number of aromatic nitrogens is 4. The molecule has 10 nitrogen and oxygen atoms in total. The summed E-state index contributed by atoms with van der Waals surface area (Å²) < 4.78 is 13.9. The lowest BCUT2D eigenvalue weighted by Gasteiger charge is -2.36. The van der Waals surface area contributed by atoms with E-state index in [9.17, 15) is 15.0 Å². The van der Waals surface area contributed by atoms with Gasteiger partial charge in [-0.15, -0.1) is 0 Å². The Hall–Kier alpha value is -2.92. The molecule has 1 spiro atoms. The number of carbonyl (C=O) groups is 1. The maximum Gasteiger partial charge on any atom is 0.256 e. The Morgan fingerprint density at radius 3 is 2.73 bits per heavy atom. The summed E-state index contributed by atoms with van der Waals surface area (Å²) in [5, 5.41) is 23.5. The molecule has 6 rings (SSSR count). The summed E-state index contributed by atoms with van der Waals surface area (Å²) in [6, 6.07) is 8.80. The number of hydrogen-bond acceptors (Lipinski definition) is 8. The van der Waals surface area contributed by atoms with E-state index in [4.69, 9.17) is 9.47 Å². The van der Waals surface area contributed by atoms with Crippen molar-refractivity contribution in [1.82, 2.24) is 19.5 Å². The van der Waals surface area contributed by atoms with E-state index >= 15 is 0 Å². The minimum atomic E-state index is -1.14. The predicted octanol–water partition coefficient (Wildman–Crippen LogP) is 0.631. The topological polar surface area (TPSA) is 132 Å². The van der Waals surface area contributed by atoms with Gasteiger partial charge in [-0.05, 0) is 25.0 Å². The molecule has 2 aromatic heterocycles. The highest BCUT2D eigenvalue weighted by Gasteiger charge is 2.78. The molecule has 0 radical (unpaired) electrons. The molecule has 2 aliphatic heterocycles. The van der Waals surface area contributed by atoms with Gasteiger partial charge >= 0.3 is 0 Å². The van der Waals surface area contributed by atoms with E-state index in [1.54, 1.807) is 28.8 Å². The summed E-state index contributed by atoms with van der Waals surface area (Å²) >= 11 is 0. The predicted molar refractivity (Wildman–Crippen MR) is 103 cm³/mol. The third-order valence-electron chi connectivity index (χ3n) is 6.37. The van der Waals surface area contributed by atoms with Gasteiger partial charge in [0.05, 0.1) is 12.9 Å². The van der Waals surface area contributed by atoms with Crippen LogP contribution in [0.4, 0.5) is 5.82 Å². The van der Waals surface area contributed by atoms with Crippen LogP contribution in [-0.4, -0.2) is 65.7 Å². The van der Waals surface area contributed by atoms with Gasteiger partial charge in [-0.1, -0.05) is 18.2 Å². The molecule has 10 heteroatoms. The Balaban J connectivity index is 1.34. The zero-order chi connectivity index (χ0) is 20.5. The molecule has 2 saturated heterocycles. The minimum absolute atomic E-state index is 0.271. The van der Waals surface area contributed by atoms with Crippen LogP contribution < -0.4 is 5.32 Å². The van der Waals surface area contributed by atoms with Crippen LogP contribution >= 0.6 is 0 Å². The molecule has 1 aromatic carbocycles. The number of hydrogen-bond donors (Lipinski definition) is 3. The second-order valence-electron chi connectivity index (χ2n) is 7.94. The summed E-state index contributed by atoms with van der Waals surface area (Å²) in [7, 11) is 0. The van der Waals surface area contributed by atoms with Gasteiger partial charge in [-0.3, -0.25) is 9.36 Å². The van der Waals surface area contributed by atoms with Crippen molar-refractivity contribution >= 4 is 22.9 Å². The highest BCUT2D eigenvalue weighted by atomic mass is 16.7. The first-order chi connectivity index (χ1) is 14.6. The zero-order valence-electron chi connectivity index (χ0n) is 15.8. The molecule has 0 unspecified atom stereocenters. The number of aliphatic hydroxyl groups excluding tert-OH is 2. The number of benzene rings is 1. The Labute approximate surface area is 170 Å².